The van der Waals surface area contributed by atoms with E-state index in [1.807, 2.05) is 0 Å². The third-order valence-electron chi connectivity index (χ3n) is 2.43. The topological polar surface area (TPSA) is 99.1 Å². The average molecular weight is 273 g/mol. The Bertz CT molecular complexity index is 363. The molecular weight excluding hydrogens is 250 g/mol. The molecule has 8 heteroatoms. The Morgan fingerprint density at radius 1 is 1.44 bits per heavy atom. The SMILES string of the molecule is CC(N)C(O)c1nnn(COCC[Si](C)(C)C)n1. The molecular formula is C10H23N5O2Si. The molecule has 1 aromatic rings. The summed E-state index contributed by atoms with van der Waals surface area (Å²) >= 11 is 0. The van der Waals surface area contributed by atoms with E-state index in [-0.39, 0.29) is 12.6 Å². The van der Waals surface area contributed by atoms with Gasteiger partial charge in [-0.15, -0.1) is 15.0 Å². The van der Waals surface area contributed by atoms with Crippen molar-refractivity contribution in [3.05, 3.63) is 5.82 Å². The number of hydrogen-bond donors (Lipinski definition) is 2. The van der Waals surface area contributed by atoms with Crippen molar-refractivity contribution >= 4 is 8.07 Å². The van der Waals surface area contributed by atoms with Gasteiger partial charge in [0.05, 0.1) is 0 Å². The molecule has 0 radical (unpaired) electrons. The van der Waals surface area contributed by atoms with Crippen LogP contribution in [0.3, 0.4) is 0 Å². The summed E-state index contributed by atoms with van der Waals surface area (Å²) in [6.45, 7) is 9.52. The van der Waals surface area contributed by atoms with Gasteiger partial charge in [0.2, 0.25) is 5.82 Å². The first-order valence-corrected chi connectivity index (χ1v) is 9.79. The molecule has 0 aliphatic heterocycles. The molecule has 0 bridgehead atoms. The van der Waals surface area contributed by atoms with Crippen LogP contribution in [0.1, 0.15) is 18.9 Å². The van der Waals surface area contributed by atoms with Gasteiger partial charge in [0.1, 0.15) is 6.10 Å². The molecule has 2 unspecified atom stereocenters. The number of hydrogen-bond acceptors (Lipinski definition) is 6. The van der Waals surface area contributed by atoms with Gasteiger partial charge < -0.3 is 15.6 Å². The molecule has 1 heterocycles. The fourth-order valence-corrected chi connectivity index (χ4v) is 1.95. The maximum Gasteiger partial charge on any atom is 0.204 e. The maximum absolute atomic E-state index is 9.65. The fourth-order valence-electron chi connectivity index (χ4n) is 1.19. The van der Waals surface area contributed by atoms with Gasteiger partial charge in [0.15, 0.2) is 6.73 Å². The number of tetrazole rings is 1. The quantitative estimate of drug-likeness (QED) is 0.550. The first-order chi connectivity index (χ1) is 8.29. The number of aliphatic hydroxyl groups excluding tert-OH is 1. The molecule has 0 spiro atoms. The van der Waals surface area contributed by atoms with Gasteiger partial charge in [-0.2, -0.15) is 0 Å². The third kappa shape index (κ3) is 5.21. The van der Waals surface area contributed by atoms with E-state index in [0.717, 1.165) is 6.04 Å². The minimum absolute atomic E-state index is 0.235. The molecule has 2 atom stereocenters. The molecule has 0 saturated carbocycles. The normalized spacial score (nSPS) is 15.7. The van der Waals surface area contributed by atoms with Crippen LogP contribution in [0.4, 0.5) is 0 Å². The van der Waals surface area contributed by atoms with Gasteiger partial charge in [-0.1, -0.05) is 19.6 Å². The van der Waals surface area contributed by atoms with Crippen LogP contribution >= 0.6 is 0 Å². The fraction of sp³-hybridized carbons (Fsp3) is 0.900. The van der Waals surface area contributed by atoms with Crippen LogP contribution in [0.2, 0.25) is 25.7 Å². The number of aliphatic hydroxyl groups is 1. The second-order valence-electron chi connectivity index (χ2n) is 5.67. The van der Waals surface area contributed by atoms with Gasteiger partial charge in [0.25, 0.3) is 0 Å². The highest BCUT2D eigenvalue weighted by atomic mass is 28.3. The number of nitrogens with zero attached hydrogens (tertiary/aromatic N) is 4. The highest BCUT2D eigenvalue weighted by Gasteiger charge is 2.18. The molecule has 3 N–H and O–H groups in total. The van der Waals surface area contributed by atoms with E-state index in [4.69, 9.17) is 10.5 Å². The molecule has 18 heavy (non-hydrogen) atoms. The van der Waals surface area contributed by atoms with Crippen molar-refractivity contribution in [2.24, 2.45) is 5.73 Å². The first-order valence-electron chi connectivity index (χ1n) is 6.09. The lowest BCUT2D eigenvalue weighted by atomic mass is 10.2. The Balaban J connectivity index is 2.36. The molecule has 1 rings (SSSR count). The van der Waals surface area contributed by atoms with E-state index in [1.54, 1.807) is 6.92 Å². The molecule has 0 fully saturated rings. The van der Waals surface area contributed by atoms with Crippen molar-refractivity contribution in [3.8, 4) is 0 Å². The van der Waals surface area contributed by atoms with Crippen LogP contribution in [0, 0.1) is 0 Å². The van der Waals surface area contributed by atoms with Crippen LogP contribution in [-0.4, -0.2) is 46.0 Å². The largest absolute Gasteiger partial charge is 0.383 e. The zero-order valence-electron chi connectivity index (χ0n) is 11.5. The molecule has 104 valence electrons. The molecule has 0 aliphatic carbocycles. The smallest absolute Gasteiger partial charge is 0.204 e. The van der Waals surface area contributed by atoms with E-state index >= 15 is 0 Å². The first kappa shape index (κ1) is 15.2. The van der Waals surface area contributed by atoms with Crippen LogP contribution in [-0.2, 0) is 11.5 Å². The van der Waals surface area contributed by atoms with Crippen LogP contribution in [0.5, 0.6) is 0 Å². The van der Waals surface area contributed by atoms with Crippen molar-refractivity contribution in [1.82, 2.24) is 20.2 Å². The zero-order chi connectivity index (χ0) is 13.8. The number of nitrogens with two attached hydrogens (primary N) is 1. The van der Waals surface area contributed by atoms with Crippen molar-refractivity contribution in [2.45, 2.75) is 51.5 Å². The van der Waals surface area contributed by atoms with E-state index in [2.05, 4.69) is 35.1 Å². The molecule has 0 amide bonds. The minimum Gasteiger partial charge on any atom is -0.383 e. The minimum atomic E-state index is -1.07. The summed E-state index contributed by atoms with van der Waals surface area (Å²) in [5.41, 5.74) is 5.55. The number of rotatable bonds is 7. The van der Waals surface area contributed by atoms with Gasteiger partial charge in [-0.25, -0.2) is 0 Å². The van der Waals surface area contributed by atoms with Crippen molar-refractivity contribution in [3.63, 3.8) is 0 Å². The molecule has 0 aliphatic rings. The van der Waals surface area contributed by atoms with Crippen LogP contribution in [0.15, 0.2) is 0 Å². The van der Waals surface area contributed by atoms with Gasteiger partial charge >= 0.3 is 0 Å². The summed E-state index contributed by atoms with van der Waals surface area (Å²) in [6, 6.07) is 0.673. The Morgan fingerprint density at radius 2 is 2.11 bits per heavy atom. The highest BCUT2D eigenvalue weighted by molar-refractivity contribution is 6.76. The molecule has 7 nitrogen and oxygen atoms in total. The lowest BCUT2D eigenvalue weighted by molar-refractivity contribution is 0.0661. The van der Waals surface area contributed by atoms with Crippen LogP contribution < -0.4 is 5.73 Å². The zero-order valence-corrected chi connectivity index (χ0v) is 12.5. The van der Waals surface area contributed by atoms with Crippen LogP contribution in [0.25, 0.3) is 0 Å². The Morgan fingerprint density at radius 3 is 2.67 bits per heavy atom. The average Bonchev–Trinajstić information content (AvgIpc) is 2.70. The van der Waals surface area contributed by atoms with Gasteiger partial charge in [0, 0.05) is 20.7 Å². The van der Waals surface area contributed by atoms with Crippen molar-refractivity contribution in [2.75, 3.05) is 6.61 Å². The van der Waals surface area contributed by atoms with E-state index in [1.165, 1.54) is 4.80 Å². The highest BCUT2D eigenvalue weighted by Crippen LogP contribution is 2.09. The molecule has 1 aromatic heterocycles. The Labute approximate surface area is 108 Å². The van der Waals surface area contributed by atoms with E-state index in [9.17, 15) is 5.11 Å². The number of aromatic nitrogens is 4. The summed E-state index contributed by atoms with van der Waals surface area (Å²) < 4.78 is 5.47. The summed E-state index contributed by atoms with van der Waals surface area (Å²) in [5.74, 6) is 0.235. The summed E-state index contributed by atoms with van der Waals surface area (Å²) in [5, 5.41) is 21.2. The Hall–Kier alpha value is -0.833. The van der Waals surface area contributed by atoms with Gasteiger partial charge in [-0.3, -0.25) is 0 Å². The summed E-state index contributed by atoms with van der Waals surface area (Å²) in [7, 11) is -1.07. The summed E-state index contributed by atoms with van der Waals surface area (Å²) in [6.07, 6.45) is -0.888. The predicted molar refractivity (Wildman–Crippen MR) is 70.5 cm³/mol. The standard InChI is InChI=1S/C10H23N5O2Si/c1-8(11)9(16)10-12-14-15(13-10)7-17-5-6-18(2,3)4/h8-9,16H,5-7,11H2,1-4H3. The third-order valence-corrected chi connectivity index (χ3v) is 4.14. The monoisotopic (exact) mass is 273 g/mol. The lowest BCUT2D eigenvalue weighted by Gasteiger charge is -2.14. The Kier molecular flexibility index (Phi) is 5.39. The van der Waals surface area contributed by atoms with Gasteiger partial charge in [-0.05, 0) is 18.2 Å². The second-order valence-corrected chi connectivity index (χ2v) is 11.3. The lowest BCUT2D eigenvalue weighted by Crippen LogP contribution is -2.25. The van der Waals surface area contributed by atoms with Crippen molar-refractivity contribution in [1.29, 1.82) is 0 Å². The predicted octanol–water partition coefficient (Wildman–Crippen LogP) is 0.366. The van der Waals surface area contributed by atoms with Crippen molar-refractivity contribution < 1.29 is 9.84 Å². The second kappa shape index (κ2) is 6.37. The molecule has 0 aromatic carbocycles. The molecule has 0 saturated heterocycles. The van der Waals surface area contributed by atoms with E-state index < -0.39 is 20.2 Å². The maximum atomic E-state index is 9.65. The van der Waals surface area contributed by atoms with E-state index in [0.29, 0.717) is 6.61 Å². The number of ether oxygens (including phenoxy) is 1. The summed E-state index contributed by atoms with van der Waals surface area (Å²) in [4.78, 5) is 1.32.